The maximum atomic E-state index is 5.71. The Morgan fingerprint density at radius 2 is 2.00 bits per heavy atom. The highest BCUT2D eigenvalue weighted by Gasteiger charge is 2.15. The van der Waals surface area contributed by atoms with Gasteiger partial charge in [-0.1, -0.05) is 15.9 Å². The molecule has 2 rings (SSSR count). The average molecular weight is 249 g/mol. The Labute approximate surface area is 83.6 Å². The van der Waals surface area contributed by atoms with Gasteiger partial charge in [0.1, 0.15) is 0 Å². The van der Waals surface area contributed by atoms with E-state index in [1.807, 2.05) is 12.1 Å². The summed E-state index contributed by atoms with van der Waals surface area (Å²) in [7, 11) is 0. The molecule has 1 aliphatic heterocycles. The minimum Gasteiger partial charge on any atom is -0.454 e. The zero-order chi connectivity index (χ0) is 8.55. The fraction of sp³-hybridized carbons (Fsp3) is 0.250. The number of rotatable bonds is 1. The van der Waals surface area contributed by atoms with Crippen molar-refractivity contribution in [1.82, 2.24) is 0 Å². The van der Waals surface area contributed by atoms with Crippen LogP contribution in [0.2, 0.25) is 0 Å². The topological polar surface area (TPSA) is 18.5 Å². The van der Waals surface area contributed by atoms with E-state index < -0.39 is 0 Å². The predicted octanol–water partition coefficient (Wildman–Crippen LogP) is 2.92. The monoisotopic (exact) mass is 248 g/mol. The lowest BCUT2D eigenvalue weighted by molar-refractivity contribution is 0.174. The summed E-state index contributed by atoms with van der Waals surface area (Å²) in [4.78, 5) is 0. The second kappa shape index (κ2) is 3.15. The van der Waals surface area contributed by atoms with Gasteiger partial charge in [-0.2, -0.15) is 0 Å². The summed E-state index contributed by atoms with van der Waals surface area (Å²) in [5, 5.41) is 0. The Hall–Kier alpha value is -0.410. The first-order valence-corrected chi connectivity index (χ1v) is 4.78. The van der Waals surface area contributed by atoms with Gasteiger partial charge in [0.05, 0.1) is 0 Å². The molecule has 0 saturated carbocycles. The average Bonchev–Trinajstić information content (AvgIpc) is 2.49. The van der Waals surface area contributed by atoms with Crippen LogP contribution in [-0.2, 0) is 5.88 Å². The van der Waals surface area contributed by atoms with Crippen LogP contribution in [-0.4, -0.2) is 6.79 Å². The predicted molar refractivity (Wildman–Crippen MR) is 49.8 cm³/mol. The Balaban J connectivity index is 2.49. The van der Waals surface area contributed by atoms with Gasteiger partial charge >= 0.3 is 0 Å². The summed E-state index contributed by atoms with van der Waals surface area (Å²) in [6.07, 6.45) is 0. The number of hydrogen-bond donors (Lipinski definition) is 0. The van der Waals surface area contributed by atoms with Crippen molar-refractivity contribution in [2.45, 2.75) is 5.88 Å². The molecular formula is C8H6BrClO2. The minimum atomic E-state index is 0.299. The molecule has 0 bridgehead atoms. The maximum absolute atomic E-state index is 5.71. The van der Waals surface area contributed by atoms with Crippen molar-refractivity contribution < 1.29 is 9.47 Å². The van der Waals surface area contributed by atoms with Gasteiger partial charge in [-0.3, -0.25) is 0 Å². The van der Waals surface area contributed by atoms with Crippen molar-refractivity contribution in [2.24, 2.45) is 0 Å². The first kappa shape index (κ1) is 8.20. The minimum absolute atomic E-state index is 0.299. The molecule has 0 amide bonds. The number of hydrogen-bond acceptors (Lipinski definition) is 2. The molecule has 1 aromatic rings. The summed E-state index contributed by atoms with van der Waals surface area (Å²) in [5.74, 6) is 2.02. The van der Waals surface area contributed by atoms with Crippen LogP contribution in [0.3, 0.4) is 0 Å². The van der Waals surface area contributed by atoms with Crippen molar-refractivity contribution >= 4 is 27.5 Å². The molecule has 1 heterocycles. The Kier molecular flexibility index (Phi) is 2.15. The molecule has 0 atom stereocenters. The summed E-state index contributed by atoms with van der Waals surface area (Å²) in [5.41, 5.74) is 1.01. The quantitative estimate of drug-likeness (QED) is 0.713. The first-order valence-electron chi connectivity index (χ1n) is 3.45. The normalized spacial score (nSPS) is 13.5. The summed E-state index contributed by atoms with van der Waals surface area (Å²) < 4.78 is 11.3. The van der Waals surface area contributed by atoms with Crippen molar-refractivity contribution in [2.75, 3.05) is 6.79 Å². The molecule has 64 valence electrons. The van der Waals surface area contributed by atoms with Crippen LogP contribution in [0.25, 0.3) is 0 Å². The Bertz CT molecular complexity index is 313. The number of ether oxygens (including phenoxy) is 2. The SMILES string of the molecule is ClCc1cc2c(cc1Br)OCO2. The van der Waals surface area contributed by atoms with Crippen molar-refractivity contribution in [3.05, 3.63) is 22.2 Å². The van der Waals surface area contributed by atoms with E-state index in [1.165, 1.54) is 0 Å². The summed E-state index contributed by atoms with van der Waals surface area (Å²) >= 11 is 9.10. The van der Waals surface area contributed by atoms with Crippen LogP contribution in [0.1, 0.15) is 5.56 Å². The number of halogens is 2. The molecule has 0 spiro atoms. The molecule has 2 nitrogen and oxygen atoms in total. The third-order valence-electron chi connectivity index (χ3n) is 1.69. The largest absolute Gasteiger partial charge is 0.454 e. The third-order valence-corrected chi connectivity index (χ3v) is 2.71. The number of benzene rings is 1. The zero-order valence-electron chi connectivity index (χ0n) is 6.14. The van der Waals surface area contributed by atoms with Crippen LogP contribution in [0.4, 0.5) is 0 Å². The van der Waals surface area contributed by atoms with E-state index in [0.29, 0.717) is 12.7 Å². The highest BCUT2D eigenvalue weighted by atomic mass is 79.9. The molecule has 0 N–H and O–H groups in total. The second-order valence-electron chi connectivity index (χ2n) is 2.43. The van der Waals surface area contributed by atoms with E-state index in [0.717, 1.165) is 21.5 Å². The van der Waals surface area contributed by atoms with Gasteiger partial charge in [-0.25, -0.2) is 0 Å². The molecule has 4 heteroatoms. The van der Waals surface area contributed by atoms with E-state index in [9.17, 15) is 0 Å². The lowest BCUT2D eigenvalue weighted by Crippen LogP contribution is -1.92. The van der Waals surface area contributed by atoms with Crippen LogP contribution in [0.5, 0.6) is 11.5 Å². The van der Waals surface area contributed by atoms with Gasteiger partial charge in [0, 0.05) is 10.4 Å². The van der Waals surface area contributed by atoms with E-state index in [-0.39, 0.29) is 0 Å². The van der Waals surface area contributed by atoms with Gasteiger partial charge < -0.3 is 9.47 Å². The standard InChI is InChI=1S/C8H6BrClO2/c9-6-2-8-7(11-4-12-8)1-5(6)3-10/h1-2H,3-4H2. The molecule has 0 unspecified atom stereocenters. The lowest BCUT2D eigenvalue weighted by Gasteiger charge is -2.01. The van der Waals surface area contributed by atoms with E-state index in [1.54, 1.807) is 0 Å². The van der Waals surface area contributed by atoms with Crippen molar-refractivity contribution in [1.29, 1.82) is 0 Å². The smallest absolute Gasteiger partial charge is 0.231 e. The highest BCUT2D eigenvalue weighted by molar-refractivity contribution is 9.10. The molecule has 1 aromatic carbocycles. The molecule has 0 aromatic heterocycles. The fourth-order valence-electron chi connectivity index (χ4n) is 1.06. The van der Waals surface area contributed by atoms with E-state index in [4.69, 9.17) is 21.1 Å². The van der Waals surface area contributed by atoms with Gasteiger partial charge in [-0.05, 0) is 17.7 Å². The van der Waals surface area contributed by atoms with Crippen molar-refractivity contribution in [3.8, 4) is 11.5 Å². The van der Waals surface area contributed by atoms with Crippen LogP contribution in [0, 0.1) is 0 Å². The summed E-state index contributed by atoms with van der Waals surface area (Å²) in [6.45, 7) is 0.299. The molecule has 0 aliphatic carbocycles. The lowest BCUT2D eigenvalue weighted by atomic mass is 10.2. The molecule has 1 aliphatic rings. The molecule has 12 heavy (non-hydrogen) atoms. The van der Waals surface area contributed by atoms with Gasteiger partial charge in [0.25, 0.3) is 0 Å². The van der Waals surface area contributed by atoms with E-state index >= 15 is 0 Å². The van der Waals surface area contributed by atoms with Gasteiger partial charge in [-0.15, -0.1) is 11.6 Å². The Morgan fingerprint density at radius 1 is 1.33 bits per heavy atom. The number of fused-ring (bicyclic) bond motifs is 1. The molecule has 0 fully saturated rings. The fourth-order valence-corrected chi connectivity index (χ4v) is 1.91. The molecule has 0 radical (unpaired) electrons. The van der Waals surface area contributed by atoms with Crippen LogP contribution >= 0.6 is 27.5 Å². The van der Waals surface area contributed by atoms with E-state index in [2.05, 4.69) is 15.9 Å². The van der Waals surface area contributed by atoms with Crippen LogP contribution < -0.4 is 9.47 Å². The van der Waals surface area contributed by atoms with Gasteiger partial charge in [0.2, 0.25) is 6.79 Å². The summed E-state index contributed by atoms with van der Waals surface area (Å²) in [6, 6.07) is 3.76. The maximum Gasteiger partial charge on any atom is 0.231 e. The second-order valence-corrected chi connectivity index (χ2v) is 3.55. The molecular weight excluding hydrogens is 243 g/mol. The zero-order valence-corrected chi connectivity index (χ0v) is 8.48. The Morgan fingerprint density at radius 3 is 2.67 bits per heavy atom. The van der Waals surface area contributed by atoms with Crippen molar-refractivity contribution in [3.63, 3.8) is 0 Å². The van der Waals surface area contributed by atoms with Gasteiger partial charge in [0.15, 0.2) is 11.5 Å². The third kappa shape index (κ3) is 1.27. The highest BCUT2D eigenvalue weighted by Crippen LogP contribution is 2.37. The first-order chi connectivity index (χ1) is 5.81. The molecule has 0 saturated heterocycles. The van der Waals surface area contributed by atoms with Crippen LogP contribution in [0.15, 0.2) is 16.6 Å². The number of alkyl halides is 1.